The normalized spacial score (nSPS) is 19.4. The number of ether oxygens (including phenoxy) is 1. The minimum Gasteiger partial charge on any atom is -0.488 e. The van der Waals surface area contributed by atoms with E-state index in [9.17, 15) is 22.7 Å². The fourth-order valence-corrected chi connectivity index (χ4v) is 4.44. The molecule has 9 nitrogen and oxygen atoms in total. The van der Waals surface area contributed by atoms with E-state index >= 15 is 0 Å². The number of aromatic nitrogens is 1. The van der Waals surface area contributed by atoms with Crippen molar-refractivity contribution in [3.8, 4) is 11.8 Å². The van der Waals surface area contributed by atoms with Crippen LogP contribution in [0.5, 0.6) is 5.75 Å². The van der Waals surface area contributed by atoms with Gasteiger partial charge in [0, 0.05) is 18.9 Å². The Kier molecular flexibility index (Phi) is 5.42. The molecule has 2 heterocycles. The number of nitrogens with zero attached hydrogens (tertiary/aromatic N) is 2. The largest absolute Gasteiger partial charge is 0.488 e. The molecule has 2 atom stereocenters. The van der Waals surface area contributed by atoms with E-state index in [2.05, 4.69) is 16.6 Å². The van der Waals surface area contributed by atoms with Crippen LogP contribution in [0.2, 0.25) is 0 Å². The zero-order chi connectivity index (χ0) is 22.3. The van der Waals surface area contributed by atoms with Crippen LogP contribution in [-0.4, -0.2) is 42.2 Å². The lowest BCUT2D eigenvalue weighted by atomic mass is 9.98. The molecule has 0 spiro atoms. The molecule has 0 unspecified atom stereocenters. The first-order valence-corrected chi connectivity index (χ1v) is 10.2. The number of rotatable bonds is 4. The molecule has 11 heteroatoms. The summed E-state index contributed by atoms with van der Waals surface area (Å²) in [6.07, 6.45) is 2.40. The van der Waals surface area contributed by atoms with Crippen molar-refractivity contribution in [3.05, 3.63) is 54.1 Å². The number of nitriles is 1. The van der Waals surface area contributed by atoms with Crippen molar-refractivity contribution in [3.63, 3.8) is 0 Å². The molecule has 0 aliphatic carbocycles. The lowest BCUT2D eigenvalue weighted by Gasteiger charge is -2.28. The summed E-state index contributed by atoms with van der Waals surface area (Å²) in [6.45, 7) is 4.61. The van der Waals surface area contributed by atoms with Crippen LogP contribution in [0.15, 0.2) is 41.9 Å². The molecule has 1 aliphatic rings. The Labute approximate surface area is 172 Å². The van der Waals surface area contributed by atoms with Gasteiger partial charge in [0.05, 0.1) is 17.2 Å². The van der Waals surface area contributed by atoms with Crippen molar-refractivity contribution in [1.82, 2.24) is 9.29 Å². The fraction of sp³-hybridized carbons (Fsp3) is 0.263. The number of anilines is 1. The van der Waals surface area contributed by atoms with Gasteiger partial charge in [-0.1, -0.05) is 6.08 Å². The van der Waals surface area contributed by atoms with E-state index in [0.29, 0.717) is 0 Å². The number of hydrogen-bond acceptors (Lipinski definition) is 6. The molecule has 3 N–H and O–H groups in total. The smallest absolute Gasteiger partial charge is 0.276 e. The van der Waals surface area contributed by atoms with Gasteiger partial charge in [0.1, 0.15) is 23.4 Å². The maximum Gasteiger partial charge on any atom is 0.276 e. The van der Waals surface area contributed by atoms with Crippen LogP contribution in [0.4, 0.5) is 10.1 Å². The third-order valence-electron chi connectivity index (χ3n) is 4.76. The van der Waals surface area contributed by atoms with E-state index in [0.717, 1.165) is 12.1 Å². The quantitative estimate of drug-likeness (QED) is 0.621. The van der Waals surface area contributed by atoms with E-state index in [1.807, 2.05) is 0 Å². The van der Waals surface area contributed by atoms with Gasteiger partial charge in [-0.25, -0.2) is 17.5 Å². The molecule has 2 aromatic rings. The molecule has 158 valence electrons. The van der Waals surface area contributed by atoms with Gasteiger partial charge >= 0.3 is 0 Å². The Bertz CT molecular complexity index is 1180. The molecule has 0 saturated carbocycles. The second-order valence-corrected chi connectivity index (χ2v) is 8.64. The molecule has 0 bridgehead atoms. The van der Waals surface area contributed by atoms with Crippen molar-refractivity contribution in [2.75, 3.05) is 11.9 Å². The van der Waals surface area contributed by atoms with Crippen LogP contribution >= 0.6 is 0 Å². The number of carbonyl (C=O) groups is 1. The molecule has 1 aromatic carbocycles. The minimum atomic E-state index is -4.12. The number of aryl methyl sites for hydroxylation is 1. The minimum absolute atomic E-state index is 0.0999. The number of aliphatic hydroxyl groups is 1. The summed E-state index contributed by atoms with van der Waals surface area (Å²) in [7, 11) is -2.66. The van der Waals surface area contributed by atoms with Gasteiger partial charge in [-0.2, -0.15) is 5.26 Å². The van der Waals surface area contributed by atoms with E-state index < -0.39 is 33.4 Å². The van der Waals surface area contributed by atoms with Gasteiger partial charge in [-0.3, -0.25) is 4.79 Å². The van der Waals surface area contributed by atoms with Crippen molar-refractivity contribution >= 4 is 21.6 Å². The maximum atomic E-state index is 13.5. The Morgan fingerprint density at radius 1 is 1.57 bits per heavy atom. The van der Waals surface area contributed by atoms with E-state index in [1.54, 1.807) is 6.07 Å². The summed E-state index contributed by atoms with van der Waals surface area (Å²) in [4.78, 5) is 12.6. The second-order valence-electron chi connectivity index (χ2n) is 6.96. The molecule has 1 aromatic heterocycles. The summed E-state index contributed by atoms with van der Waals surface area (Å²) >= 11 is 0. The van der Waals surface area contributed by atoms with Crippen LogP contribution in [-0.2, 0) is 17.1 Å². The Morgan fingerprint density at radius 2 is 2.27 bits per heavy atom. The average molecular weight is 434 g/mol. The van der Waals surface area contributed by atoms with Crippen molar-refractivity contribution < 1.29 is 27.4 Å². The molecule has 0 fully saturated rings. The zero-order valence-corrected chi connectivity index (χ0v) is 17.0. The number of benzene rings is 1. The molecular formula is C19H19FN4O5S. The van der Waals surface area contributed by atoms with Gasteiger partial charge in [0.2, 0.25) is 10.0 Å². The number of amides is 1. The Balaban J connectivity index is 1.99. The number of sulfonamides is 1. The van der Waals surface area contributed by atoms with Crippen LogP contribution in [0.3, 0.4) is 0 Å². The molecule has 1 amide bonds. The lowest BCUT2D eigenvalue weighted by molar-refractivity contribution is 0.0555. The third-order valence-corrected chi connectivity index (χ3v) is 6.23. The summed E-state index contributed by atoms with van der Waals surface area (Å²) < 4.78 is 48.3. The highest BCUT2D eigenvalue weighted by molar-refractivity contribution is 7.89. The number of hydrogen-bond donors (Lipinski definition) is 3. The molecule has 1 aliphatic heterocycles. The van der Waals surface area contributed by atoms with Crippen molar-refractivity contribution in [1.29, 1.82) is 5.26 Å². The average Bonchev–Trinajstić information content (AvgIpc) is 2.97. The van der Waals surface area contributed by atoms with E-state index in [4.69, 9.17) is 10.00 Å². The molecule has 30 heavy (non-hydrogen) atoms. The van der Waals surface area contributed by atoms with E-state index in [1.165, 1.54) is 36.9 Å². The highest BCUT2D eigenvalue weighted by atomic mass is 32.2. The number of nitrogens with one attached hydrogen (secondary N) is 2. The third kappa shape index (κ3) is 3.80. The summed E-state index contributed by atoms with van der Waals surface area (Å²) in [5.41, 5.74) is -1.80. The first-order chi connectivity index (χ1) is 14.0. The molecular weight excluding hydrogens is 415 g/mol. The Hall–Kier alpha value is -3.20. The fourth-order valence-electron chi connectivity index (χ4n) is 2.93. The van der Waals surface area contributed by atoms with Crippen LogP contribution in [0, 0.1) is 17.1 Å². The predicted molar refractivity (Wildman–Crippen MR) is 105 cm³/mol. The highest BCUT2D eigenvalue weighted by Crippen LogP contribution is 2.34. The first-order valence-electron chi connectivity index (χ1n) is 8.71. The van der Waals surface area contributed by atoms with Gasteiger partial charge < -0.3 is 19.7 Å². The highest BCUT2D eigenvalue weighted by Gasteiger charge is 2.40. The van der Waals surface area contributed by atoms with Gasteiger partial charge in [0.25, 0.3) is 5.91 Å². The first kappa shape index (κ1) is 21.5. The SMILES string of the molecule is C=C[C@](C)(O)[C@H]1COc2c(cn(C)c2C(=O)Nc2ccc(F)c(C#N)c2)S(=O)(=O)N1. The summed E-state index contributed by atoms with van der Waals surface area (Å²) in [5, 5.41) is 21.8. The Morgan fingerprint density at radius 3 is 2.90 bits per heavy atom. The van der Waals surface area contributed by atoms with Gasteiger partial charge in [0.15, 0.2) is 11.4 Å². The molecule has 0 radical (unpaired) electrons. The van der Waals surface area contributed by atoms with Crippen LogP contribution < -0.4 is 14.8 Å². The molecule has 3 rings (SSSR count). The molecule has 0 saturated heterocycles. The van der Waals surface area contributed by atoms with E-state index in [-0.39, 0.29) is 34.2 Å². The maximum absolute atomic E-state index is 13.5. The summed E-state index contributed by atoms with van der Waals surface area (Å²) in [5.74, 6) is -1.64. The van der Waals surface area contributed by atoms with Gasteiger partial charge in [-0.05, 0) is 25.1 Å². The number of carbonyl (C=O) groups excluding carboxylic acids is 1. The zero-order valence-electron chi connectivity index (χ0n) is 16.1. The monoisotopic (exact) mass is 434 g/mol. The van der Waals surface area contributed by atoms with Crippen molar-refractivity contribution in [2.45, 2.75) is 23.5 Å². The summed E-state index contributed by atoms with van der Waals surface area (Å²) in [6, 6.07) is 4.10. The van der Waals surface area contributed by atoms with Crippen LogP contribution in [0.25, 0.3) is 0 Å². The standard InChI is InChI=1S/C19H19FN4O5S/c1-4-19(2,26)15-10-29-17-14(30(27,28)23-15)9-24(3)16(17)18(25)22-12-5-6-13(20)11(7-12)8-21/h4-7,9,15,23,26H,1,10H2,2-3H3,(H,22,25)/t15-,19+/m1/s1. The number of fused-ring (bicyclic) bond motifs is 1. The van der Waals surface area contributed by atoms with Gasteiger partial charge in [-0.15, -0.1) is 6.58 Å². The second kappa shape index (κ2) is 7.56. The topological polar surface area (TPSA) is 133 Å². The predicted octanol–water partition coefficient (Wildman–Crippen LogP) is 1.26. The number of halogens is 1. The van der Waals surface area contributed by atoms with Crippen LogP contribution in [0.1, 0.15) is 23.0 Å². The lowest BCUT2D eigenvalue weighted by Crippen LogP contribution is -2.51. The van der Waals surface area contributed by atoms with Crippen molar-refractivity contribution in [2.24, 2.45) is 7.05 Å².